The maximum absolute atomic E-state index is 6.22. The van der Waals surface area contributed by atoms with Crippen LogP contribution in [0.25, 0.3) is 90.9 Å². The van der Waals surface area contributed by atoms with Gasteiger partial charge >= 0.3 is 0 Å². The summed E-state index contributed by atoms with van der Waals surface area (Å²) >= 11 is 0. The molecule has 2 aliphatic rings. The number of aromatic nitrogens is 4. The molecule has 0 amide bonds. The van der Waals surface area contributed by atoms with E-state index in [2.05, 4.69) is 232 Å². The molecule has 394 valence electrons. The van der Waals surface area contributed by atoms with Gasteiger partial charge in [0.2, 0.25) is 0 Å². The standard InChI is InChI=1S/C64H74N8O4/c1-69(2)37-9-41-73-49-21-13-45(14-22-49)61-53-29-31-55(65-53)62(46-15-23-50(24-16-46)74-42-10-38-70(3)4)57-33-35-59(67-57)64(48-19-27-52(28-20-48)76-44-12-40-72(7)8)60-36-34-58(68-60)63(56-32-30-54(61)66-56)47-17-25-51(26-18-47)75-43-11-39-71(5)6/h13-36,65,68H,9-12,37-44H2,1-8H3. The second-order valence-electron chi connectivity index (χ2n) is 20.6. The third-order valence-electron chi connectivity index (χ3n) is 13.4. The van der Waals surface area contributed by atoms with Gasteiger partial charge in [-0.2, -0.15) is 0 Å². The van der Waals surface area contributed by atoms with Gasteiger partial charge in [-0.05, 0) is 201 Å². The monoisotopic (exact) mass is 1020 g/mol. The van der Waals surface area contributed by atoms with Crippen molar-refractivity contribution in [3.05, 3.63) is 144 Å². The number of hydrogen-bond donors (Lipinski definition) is 2. The summed E-state index contributed by atoms with van der Waals surface area (Å²) in [6.07, 6.45) is 12.3. The second kappa shape index (κ2) is 25.4. The van der Waals surface area contributed by atoms with E-state index in [1.807, 2.05) is 0 Å². The molecule has 4 aromatic carbocycles. The quantitative estimate of drug-likeness (QED) is 0.0568. The molecule has 2 aliphatic heterocycles. The largest absolute Gasteiger partial charge is 0.494 e. The van der Waals surface area contributed by atoms with Gasteiger partial charge < -0.3 is 48.5 Å². The van der Waals surface area contributed by atoms with Crippen LogP contribution in [0.2, 0.25) is 0 Å². The van der Waals surface area contributed by atoms with Gasteiger partial charge in [0.25, 0.3) is 0 Å². The Kier molecular flexibility index (Phi) is 17.8. The molecule has 0 fully saturated rings. The van der Waals surface area contributed by atoms with Crippen molar-refractivity contribution in [2.45, 2.75) is 25.7 Å². The molecule has 0 spiro atoms. The Bertz CT molecular complexity index is 2830. The van der Waals surface area contributed by atoms with Gasteiger partial charge in [-0.25, -0.2) is 9.97 Å². The zero-order valence-corrected chi connectivity index (χ0v) is 45.7. The molecule has 0 radical (unpaired) electrons. The first-order chi connectivity index (χ1) is 36.9. The van der Waals surface area contributed by atoms with Crippen molar-refractivity contribution in [2.75, 3.05) is 109 Å². The molecule has 12 heteroatoms. The smallest absolute Gasteiger partial charge is 0.119 e. The van der Waals surface area contributed by atoms with Crippen LogP contribution in [0.4, 0.5) is 0 Å². The maximum atomic E-state index is 6.22. The summed E-state index contributed by atoms with van der Waals surface area (Å²) in [5.41, 5.74) is 14.9. The highest BCUT2D eigenvalue weighted by atomic mass is 16.5. The molecule has 12 nitrogen and oxygen atoms in total. The average molecular weight is 1020 g/mol. The molecule has 7 aromatic rings. The molecular weight excluding hydrogens is 945 g/mol. The number of H-pyrrole nitrogens is 2. The molecule has 0 saturated carbocycles. The Morgan fingerprint density at radius 2 is 0.513 bits per heavy atom. The SMILES string of the molecule is CN(C)CCCOc1ccc(-c2c3nc(c(-c4ccc(OCCCN(C)C)cc4)c4ccc([nH]4)c(-c4ccc(OCCCN(C)C)cc4)c4nc(c(-c5ccc(OCCCN(C)C)cc5)c5ccc2[nH]5)C=C4)C=C3)cc1. The minimum Gasteiger partial charge on any atom is -0.494 e. The molecule has 8 bridgehead atoms. The van der Waals surface area contributed by atoms with Gasteiger partial charge in [-0.15, -0.1) is 0 Å². The summed E-state index contributed by atoms with van der Waals surface area (Å²) in [5, 5.41) is 0. The van der Waals surface area contributed by atoms with Crippen molar-refractivity contribution in [1.82, 2.24) is 39.5 Å². The van der Waals surface area contributed by atoms with Crippen LogP contribution in [0.15, 0.2) is 121 Å². The fourth-order valence-corrected chi connectivity index (χ4v) is 9.57. The lowest BCUT2D eigenvalue weighted by Crippen LogP contribution is -2.15. The molecule has 0 atom stereocenters. The van der Waals surface area contributed by atoms with Crippen LogP contribution in [0.3, 0.4) is 0 Å². The Balaban J connectivity index is 1.24. The van der Waals surface area contributed by atoms with Crippen LogP contribution in [-0.4, -0.2) is 149 Å². The van der Waals surface area contributed by atoms with Crippen molar-refractivity contribution < 1.29 is 18.9 Å². The molecule has 2 N–H and O–H groups in total. The van der Waals surface area contributed by atoms with Crippen molar-refractivity contribution in [2.24, 2.45) is 0 Å². The lowest BCUT2D eigenvalue weighted by molar-refractivity contribution is 0.281. The number of nitrogens with one attached hydrogen (secondary N) is 2. The lowest BCUT2D eigenvalue weighted by atomic mass is 10.0. The first-order valence-corrected chi connectivity index (χ1v) is 26.6. The fraction of sp³-hybridized carbons (Fsp3) is 0.312. The third-order valence-corrected chi connectivity index (χ3v) is 13.4. The van der Waals surface area contributed by atoms with Gasteiger partial charge in [-0.3, -0.25) is 0 Å². The van der Waals surface area contributed by atoms with Gasteiger partial charge in [-0.1, -0.05) is 48.5 Å². The van der Waals surface area contributed by atoms with E-state index in [0.29, 0.717) is 26.4 Å². The summed E-state index contributed by atoms with van der Waals surface area (Å²) in [4.78, 5) is 27.6. The van der Waals surface area contributed by atoms with Crippen molar-refractivity contribution in [1.29, 1.82) is 0 Å². The van der Waals surface area contributed by atoms with Crippen LogP contribution in [0.1, 0.15) is 48.5 Å². The molecular formula is C64H74N8O4. The Labute approximate surface area is 449 Å². The predicted molar refractivity (Wildman–Crippen MR) is 315 cm³/mol. The van der Waals surface area contributed by atoms with Gasteiger partial charge in [0.1, 0.15) is 23.0 Å². The Morgan fingerprint density at radius 1 is 0.303 bits per heavy atom. The van der Waals surface area contributed by atoms with E-state index in [1.165, 1.54) is 0 Å². The van der Waals surface area contributed by atoms with Crippen LogP contribution in [0, 0.1) is 0 Å². The van der Waals surface area contributed by atoms with Crippen LogP contribution >= 0.6 is 0 Å². The van der Waals surface area contributed by atoms with Gasteiger partial charge in [0, 0.05) is 70.5 Å². The number of hydrogen-bond acceptors (Lipinski definition) is 10. The number of benzene rings is 4. The minimum atomic E-state index is 0.641. The van der Waals surface area contributed by atoms with Crippen molar-refractivity contribution in [3.63, 3.8) is 0 Å². The first-order valence-electron chi connectivity index (χ1n) is 26.6. The summed E-state index contributed by atoms with van der Waals surface area (Å²) < 4.78 is 24.9. The van der Waals surface area contributed by atoms with E-state index in [1.54, 1.807) is 0 Å². The van der Waals surface area contributed by atoms with E-state index < -0.39 is 0 Å². The van der Waals surface area contributed by atoms with Crippen molar-refractivity contribution >= 4 is 46.4 Å². The summed E-state index contributed by atoms with van der Waals surface area (Å²) in [7, 11) is 16.7. The Hall–Kier alpha value is -7.48. The molecule has 5 heterocycles. The van der Waals surface area contributed by atoms with E-state index in [0.717, 1.165) is 164 Å². The second-order valence-corrected chi connectivity index (χ2v) is 20.6. The molecule has 9 rings (SSSR count). The Morgan fingerprint density at radius 3 is 0.711 bits per heavy atom. The molecule has 0 unspecified atom stereocenters. The number of ether oxygens (including phenoxy) is 4. The summed E-state index contributed by atoms with van der Waals surface area (Å²) in [6, 6.07) is 42.2. The highest BCUT2D eigenvalue weighted by molar-refractivity contribution is 6.00. The number of rotatable bonds is 24. The maximum Gasteiger partial charge on any atom is 0.119 e. The minimum absolute atomic E-state index is 0.641. The van der Waals surface area contributed by atoms with Crippen molar-refractivity contribution in [3.8, 4) is 67.5 Å². The van der Waals surface area contributed by atoms with E-state index in [4.69, 9.17) is 28.9 Å². The third kappa shape index (κ3) is 13.7. The zero-order chi connectivity index (χ0) is 53.0. The van der Waals surface area contributed by atoms with Crippen LogP contribution in [-0.2, 0) is 0 Å². The van der Waals surface area contributed by atoms with E-state index >= 15 is 0 Å². The number of aromatic amines is 2. The normalized spacial score (nSPS) is 12.2. The molecule has 0 aliphatic carbocycles. The molecule has 3 aromatic heterocycles. The summed E-state index contributed by atoms with van der Waals surface area (Å²) in [6.45, 7) is 6.41. The highest BCUT2D eigenvalue weighted by Gasteiger charge is 2.20. The van der Waals surface area contributed by atoms with Gasteiger partial charge in [0.05, 0.1) is 49.2 Å². The molecule has 76 heavy (non-hydrogen) atoms. The molecule has 0 saturated heterocycles. The predicted octanol–water partition coefficient (Wildman–Crippen LogP) is 12.6. The first kappa shape index (κ1) is 53.3. The van der Waals surface area contributed by atoms with Gasteiger partial charge in [0.15, 0.2) is 0 Å². The summed E-state index contributed by atoms with van der Waals surface area (Å²) in [5.74, 6) is 3.33. The fourth-order valence-electron chi connectivity index (χ4n) is 9.57. The van der Waals surface area contributed by atoms with Crippen LogP contribution < -0.4 is 18.9 Å². The van der Waals surface area contributed by atoms with Crippen LogP contribution in [0.5, 0.6) is 23.0 Å². The number of fused-ring (bicyclic) bond motifs is 8. The van der Waals surface area contributed by atoms with E-state index in [-0.39, 0.29) is 0 Å². The number of nitrogens with zero attached hydrogens (tertiary/aromatic N) is 6. The lowest BCUT2D eigenvalue weighted by Gasteiger charge is -2.11. The average Bonchev–Trinajstić information content (AvgIpc) is 4.30. The highest BCUT2D eigenvalue weighted by Crippen LogP contribution is 2.39. The van der Waals surface area contributed by atoms with E-state index in [9.17, 15) is 0 Å². The topological polar surface area (TPSA) is 107 Å². The zero-order valence-electron chi connectivity index (χ0n) is 45.7.